The van der Waals surface area contributed by atoms with Crippen molar-refractivity contribution in [3.8, 4) is 11.5 Å². The van der Waals surface area contributed by atoms with E-state index in [-0.39, 0.29) is 0 Å². The van der Waals surface area contributed by atoms with Crippen molar-refractivity contribution in [3.05, 3.63) is 21.8 Å². The van der Waals surface area contributed by atoms with Crippen LogP contribution in [0.25, 0.3) is 0 Å². The first-order chi connectivity index (χ1) is 9.84. The highest BCUT2D eigenvalue weighted by molar-refractivity contribution is 14.1. The van der Waals surface area contributed by atoms with Gasteiger partial charge in [0.05, 0.1) is 18.3 Å². The fourth-order valence-electron chi connectivity index (χ4n) is 1.57. The predicted octanol–water partition coefficient (Wildman–Crippen LogP) is 5.42. The number of hydrogen-bond donors (Lipinski definition) is 0. The average molecular weight is 442 g/mol. The van der Waals surface area contributed by atoms with Crippen molar-refractivity contribution >= 4 is 30.4 Å². The maximum Gasteiger partial charge on any atom is 0.531 e. The highest BCUT2D eigenvalue weighted by atomic mass is 127. The molecule has 0 aliphatic rings. The summed E-state index contributed by atoms with van der Waals surface area (Å²) in [7, 11) is -2.30. The molecule has 0 atom stereocenters. The van der Waals surface area contributed by atoms with Crippen molar-refractivity contribution in [3.63, 3.8) is 0 Å². The van der Waals surface area contributed by atoms with Crippen LogP contribution in [-0.4, -0.2) is 18.3 Å². The maximum atomic E-state index is 13.1. The Balaban J connectivity index is 3.18. The molecular formula is C15H24IO5P. The summed E-state index contributed by atoms with van der Waals surface area (Å²) in [5, 5.41) is 0. The summed E-state index contributed by atoms with van der Waals surface area (Å²) < 4.78 is 36.1. The van der Waals surface area contributed by atoms with Gasteiger partial charge in [-0.1, -0.05) is 0 Å². The van der Waals surface area contributed by atoms with Crippen LogP contribution in [0.2, 0.25) is 0 Å². The van der Waals surface area contributed by atoms with Crippen LogP contribution in [0.15, 0.2) is 18.2 Å². The van der Waals surface area contributed by atoms with Gasteiger partial charge in [0.1, 0.15) is 0 Å². The molecule has 0 N–H and O–H groups in total. The Bertz CT molecular complexity index is 540. The summed E-state index contributed by atoms with van der Waals surface area (Å²) in [6, 6.07) is 5.34. The van der Waals surface area contributed by atoms with Crippen LogP contribution in [-0.2, 0) is 13.6 Å². The molecule has 0 radical (unpaired) electrons. The third-order valence-electron chi connectivity index (χ3n) is 2.11. The summed E-state index contributed by atoms with van der Waals surface area (Å²) >= 11 is 2.14. The van der Waals surface area contributed by atoms with E-state index < -0.39 is 19.0 Å². The Morgan fingerprint density at radius 2 is 1.45 bits per heavy atom. The normalized spacial score (nSPS) is 13.1. The molecule has 5 nitrogen and oxygen atoms in total. The van der Waals surface area contributed by atoms with Gasteiger partial charge in [0.2, 0.25) is 0 Å². The Labute approximate surface area is 146 Å². The molecular weight excluding hydrogens is 418 g/mol. The minimum absolute atomic E-state index is 0.325. The Morgan fingerprint density at radius 1 is 0.955 bits per heavy atom. The molecule has 1 aromatic rings. The van der Waals surface area contributed by atoms with Crippen LogP contribution in [0.3, 0.4) is 0 Å². The van der Waals surface area contributed by atoms with Crippen molar-refractivity contribution in [2.24, 2.45) is 0 Å². The van der Waals surface area contributed by atoms with Crippen LogP contribution in [0, 0.1) is 3.57 Å². The number of phosphoric ester groups is 1. The van der Waals surface area contributed by atoms with E-state index in [0.717, 1.165) is 3.57 Å². The summed E-state index contributed by atoms with van der Waals surface area (Å²) in [4.78, 5) is 0. The van der Waals surface area contributed by atoms with Crippen molar-refractivity contribution in [2.45, 2.75) is 52.7 Å². The standard InChI is InChI=1S/C15H24IO5P/c1-14(2,3)20-22(17,21-15(4,5)6)19-13-10-11(16)8-9-12(13)18-7/h8-10H,1-7H3. The quantitative estimate of drug-likeness (QED) is 0.451. The van der Waals surface area contributed by atoms with Crippen LogP contribution in [0.1, 0.15) is 41.5 Å². The number of rotatable bonds is 5. The molecule has 0 saturated heterocycles. The molecule has 0 unspecified atom stereocenters. The second kappa shape index (κ2) is 7.07. The number of halogens is 1. The molecule has 22 heavy (non-hydrogen) atoms. The zero-order chi connectivity index (χ0) is 17.2. The van der Waals surface area contributed by atoms with E-state index in [1.807, 2.05) is 6.07 Å². The first kappa shape index (κ1) is 19.7. The molecule has 0 aliphatic carbocycles. The van der Waals surface area contributed by atoms with Gasteiger partial charge in [0.25, 0.3) is 0 Å². The van der Waals surface area contributed by atoms with Crippen LogP contribution >= 0.6 is 30.4 Å². The lowest BCUT2D eigenvalue weighted by Gasteiger charge is -2.31. The van der Waals surface area contributed by atoms with Crippen LogP contribution in [0.4, 0.5) is 0 Å². The lowest BCUT2D eigenvalue weighted by molar-refractivity contribution is 0.0220. The van der Waals surface area contributed by atoms with Crippen molar-refractivity contribution < 1.29 is 22.9 Å². The van der Waals surface area contributed by atoms with E-state index in [4.69, 9.17) is 18.3 Å². The van der Waals surface area contributed by atoms with Gasteiger partial charge in [-0.25, -0.2) is 4.57 Å². The Morgan fingerprint density at radius 3 is 1.86 bits per heavy atom. The first-order valence-corrected chi connectivity index (χ1v) is 9.42. The molecule has 0 aromatic heterocycles. The smallest absolute Gasteiger partial charge is 0.493 e. The highest BCUT2D eigenvalue weighted by Gasteiger charge is 2.39. The molecule has 0 heterocycles. The summed E-state index contributed by atoms with van der Waals surface area (Å²) in [5.41, 5.74) is -1.37. The molecule has 0 aliphatic heterocycles. The van der Waals surface area contributed by atoms with Crippen LogP contribution < -0.4 is 9.26 Å². The van der Waals surface area contributed by atoms with E-state index in [9.17, 15) is 4.57 Å². The van der Waals surface area contributed by atoms with Crippen molar-refractivity contribution in [2.75, 3.05) is 7.11 Å². The van der Waals surface area contributed by atoms with E-state index in [1.165, 1.54) is 7.11 Å². The zero-order valence-electron chi connectivity index (χ0n) is 14.1. The Kier molecular flexibility index (Phi) is 6.35. The predicted molar refractivity (Wildman–Crippen MR) is 95.6 cm³/mol. The number of methoxy groups -OCH3 is 1. The molecule has 7 heteroatoms. The molecule has 1 rings (SSSR count). The number of hydrogen-bond acceptors (Lipinski definition) is 5. The molecule has 126 valence electrons. The van der Waals surface area contributed by atoms with Gasteiger partial charge in [-0.3, -0.25) is 9.05 Å². The average Bonchev–Trinajstić information content (AvgIpc) is 2.22. The van der Waals surface area contributed by atoms with Gasteiger partial charge in [-0.05, 0) is 82.3 Å². The highest BCUT2D eigenvalue weighted by Crippen LogP contribution is 2.56. The monoisotopic (exact) mass is 442 g/mol. The zero-order valence-corrected chi connectivity index (χ0v) is 17.2. The molecule has 0 spiro atoms. The first-order valence-electron chi connectivity index (χ1n) is 6.88. The third kappa shape index (κ3) is 6.86. The number of ether oxygens (including phenoxy) is 1. The van der Waals surface area contributed by atoms with E-state index in [0.29, 0.717) is 11.5 Å². The lowest BCUT2D eigenvalue weighted by Crippen LogP contribution is -2.25. The van der Waals surface area contributed by atoms with Gasteiger partial charge >= 0.3 is 7.82 Å². The van der Waals surface area contributed by atoms with Gasteiger partial charge in [0.15, 0.2) is 11.5 Å². The molecule has 0 saturated carbocycles. The fourth-order valence-corrected chi connectivity index (χ4v) is 3.87. The second-order valence-electron chi connectivity index (χ2n) is 6.74. The maximum absolute atomic E-state index is 13.1. The number of phosphoric acid groups is 1. The van der Waals surface area contributed by atoms with E-state index in [1.54, 1.807) is 53.7 Å². The van der Waals surface area contributed by atoms with Gasteiger partial charge in [-0.2, -0.15) is 0 Å². The van der Waals surface area contributed by atoms with Gasteiger partial charge in [0, 0.05) is 3.57 Å². The van der Waals surface area contributed by atoms with Gasteiger partial charge < -0.3 is 9.26 Å². The molecule has 0 fully saturated rings. The lowest BCUT2D eigenvalue weighted by atomic mass is 10.2. The molecule has 1 aromatic carbocycles. The van der Waals surface area contributed by atoms with Crippen molar-refractivity contribution in [1.82, 2.24) is 0 Å². The minimum Gasteiger partial charge on any atom is -0.493 e. The SMILES string of the molecule is COc1ccc(I)cc1OP(=O)(OC(C)(C)C)OC(C)(C)C. The fraction of sp³-hybridized carbons (Fsp3) is 0.600. The minimum atomic E-state index is -3.83. The summed E-state index contributed by atoms with van der Waals surface area (Å²) in [5.74, 6) is 0.793. The Hall–Kier alpha value is -0.300. The van der Waals surface area contributed by atoms with Crippen molar-refractivity contribution in [1.29, 1.82) is 0 Å². The van der Waals surface area contributed by atoms with Gasteiger partial charge in [-0.15, -0.1) is 0 Å². The van der Waals surface area contributed by atoms with E-state index in [2.05, 4.69) is 22.6 Å². The second-order valence-corrected chi connectivity index (χ2v) is 9.43. The number of benzene rings is 1. The summed E-state index contributed by atoms with van der Waals surface area (Å²) in [6.07, 6.45) is 0. The summed E-state index contributed by atoms with van der Waals surface area (Å²) in [6.45, 7) is 10.8. The topological polar surface area (TPSA) is 54.0 Å². The largest absolute Gasteiger partial charge is 0.531 e. The molecule has 0 bridgehead atoms. The van der Waals surface area contributed by atoms with Crippen LogP contribution in [0.5, 0.6) is 11.5 Å². The van der Waals surface area contributed by atoms with E-state index >= 15 is 0 Å². The molecule has 0 amide bonds. The third-order valence-corrected chi connectivity index (χ3v) is 4.74.